The van der Waals surface area contributed by atoms with Crippen molar-refractivity contribution in [3.63, 3.8) is 0 Å². The molecular weight excluding hydrogens is 336 g/mol. The SMILES string of the molecule is NC1CCN(C(=O)OCc2ccccc2)C(Cc2ccc(Cl)cc2)C1. The number of piperidine rings is 1. The first kappa shape index (κ1) is 17.8. The molecule has 4 nitrogen and oxygen atoms in total. The Labute approximate surface area is 153 Å². The number of rotatable bonds is 4. The van der Waals surface area contributed by atoms with Gasteiger partial charge in [-0.25, -0.2) is 4.79 Å². The summed E-state index contributed by atoms with van der Waals surface area (Å²) in [5, 5.41) is 0.711. The molecule has 0 aliphatic carbocycles. The van der Waals surface area contributed by atoms with Gasteiger partial charge >= 0.3 is 6.09 Å². The molecule has 0 radical (unpaired) electrons. The summed E-state index contributed by atoms with van der Waals surface area (Å²) in [6.45, 7) is 0.920. The normalized spacial score (nSPS) is 20.3. The monoisotopic (exact) mass is 358 g/mol. The molecule has 132 valence electrons. The average Bonchev–Trinajstić information content (AvgIpc) is 2.63. The second-order valence-electron chi connectivity index (χ2n) is 6.50. The van der Waals surface area contributed by atoms with Crippen LogP contribution in [0.5, 0.6) is 0 Å². The molecule has 1 heterocycles. The third-order valence-electron chi connectivity index (χ3n) is 4.58. The predicted molar refractivity (Wildman–Crippen MR) is 99.5 cm³/mol. The number of ether oxygens (including phenoxy) is 1. The fourth-order valence-corrected chi connectivity index (χ4v) is 3.34. The van der Waals surface area contributed by atoms with Crippen LogP contribution in [0.2, 0.25) is 5.02 Å². The molecule has 2 N–H and O–H groups in total. The minimum Gasteiger partial charge on any atom is -0.445 e. The molecule has 2 aromatic carbocycles. The summed E-state index contributed by atoms with van der Waals surface area (Å²) < 4.78 is 5.51. The van der Waals surface area contributed by atoms with E-state index in [4.69, 9.17) is 22.1 Å². The van der Waals surface area contributed by atoms with E-state index in [0.717, 1.165) is 30.4 Å². The first-order valence-corrected chi connectivity index (χ1v) is 8.97. The van der Waals surface area contributed by atoms with Gasteiger partial charge in [0.15, 0.2) is 0 Å². The lowest BCUT2D eigenvalue weighted by Crippen LogP contribution is -2.50. The molecule has 5 heteroatoms. The van der Waals surface area contributed by atoms with Crippen molar-refractivity contribution in [3.05, 3.63) is 70.7 Å². The Morgan fingerprint density at radius 1 is 1.12 bits per heavy atom. The Morgan fingerprint density at radius 3 is 2.56 bits per heavy atom. The van der Waals surface area contributed by atoms with Gasteiger partial charge in [0.1, 0.15) is 6.61 Å². The Morgan fingerprint density at radius 2 is 1.84 bits per heavy atom. The van der Waals surface area contributed by atoms with Crippen LogP contribution in [0.15, 0.2) is 54.6 Å². The summed E-state index contributed by atoms with van der Waals surface area (Å²) in [6.07, 6.45) is 2.07. The second kappa shape index (κ2) is 8.37. The van der Waals surface area contributed by atoms with Crippen LogP contribution in [0.1, 0.15) is 24.0 Å². The number of benzene rings is 2. The maximum absolute atomic E-state index is 12.6. The number of amides is 1. The molecule has 0 aromatic heterocycles. The maximum atomic E-state index is 12.6. The van der Waals surface area contributed by atoms with Crippen LogP contribution >= 0.6 is 11.6 Å². The Balaban J connectivity index is 1.64. The van der Waals surface area contributed by atoms with E-state index >= 15 is 0 Å². The average molecular weight is 359 g/mol. The summed E-state index contributed by atoms with van der Waals surface area (Å²) in [4.78, 5) is 14.4. The van der Waals surface area contributed by atoms with Gasteiger partial charge in [0.25, 0.3) is 0 Å². The topological polar surface area (TPSA) is 55.6 Å². The summed E-state index contributed by atoms with van der Waals surface area (Å²) in [6, 6.07) is 17.6. The highest BCUT2D eigenvalue weighted by molar-refractivity contribution is 6.30. The fraction of sp³-hybridized carbons (Fsp3) is 0.350. The van der Waals surface area contributed by atoms with Crippen LogP contribution in [0.25, 0.3) is 0 Å². The molecule has 0 bridgehead atoms. The van der Waals surface area contributed by atoms with Crippen molar-refractivity contribution >= 4 is 17.7 Å². The summed E-state index contributed by atoms with van der Waals surface area (Å²) >= 11 is 5.95. The van der Waals surface area contributed by atoms with Gasteiger partial charge in [0, 0.05) is 23.7 Å². The van der Waals surface area contributed by atoms with Crippen LogP contribution in [0.3, 0.4) is 0 Å². The van der Waals surface area contributed by atoms with Gasteiger partial charge in [-0.1, -0.05) is 54.1 Å². The Bertz CT molecular complexity index is 691. The van der Waals surface area contributed by atoms with Gasteiger partial charge in [-0.3, -0.25) is 0 Å². The zero-order valence-electron chi connectivity index (χ0n) is 14.1. The highest BCUT2D eigenvalue weighted by Gasteiger charge is 2.31. The highest BCUT2D eigenvalue weighted by atomic mass is 35.5. The molecule has 1 fully saturated rings. The molecule has 2 atom stereocenters. The van der Waals surface area contributed by atoms with E-state index in [9.17, 15) is 4.79 Å². The van der Waals surface area contributed by atoms with Gasteiger partial charge in [0.2, 0.25) is 0 Å². The lowest BCUT2D eigenvalue weighted by atomic mass is 9.93. The van der Waals surface area contributed by atoms with E-state index < -0.39 is 0 Å². The minimum atomic E-state index is -0.269. The number of nitrogens with zero attached hydrogens (tertiary/aromatic N) is 1. The fourth-order valence-electron chi connectivity index (χ4n) is 3.21. The van der Waals surface area contributed by atoms with Crippen LogP contribution < -0.4 is 5.73 Å². The quantitative estimate of drug-likeness (QED) is 0.898. The summed E-state index contributed by atoms with van der Waals surface area (Å²) in [7, 11) is 0. The van der Waals surface area contributed by atoms with Gasteiger partial charge in [0.05, 0.1) is 0 Å². The largest absolute Gasteiger partial charge is 0.445 e. The molecule has 3 rings (SSSR count). The van der Waals surface area contributed by atoms with Crippen molar-refractivity contribution < 1.29 is 9.53 Å². The molecule has 1 aliphatic heterocycles. The van der Waals surface area contributed by atoms with Crippen molar-refractivity contribution in [1.29, 1.82) is 0 Å². The highest BCUT2D eigenvalue weighted by Crippen LogP contribution is 2.22. The third-order valence-corrected chi connectivity index (χ3v) is 4.83. The summed E-state index contributed by atoms with van der Waals surface area (Å²) in [5.41, 5.74) is 8.26. The lowest BCUT2D eigenvalue weighted by molar-refractivity contribution is 0.0648. The number of hydrogen-bond donors (Lipinski definition) is 1. The summed E-state index contributed by atoms with van der Waals surface area (Å²) in [5.74, 6) is 0. The van der Waals surface area contributed by atoms with E-state index in [1.807, 2.05) is 59.5 Å². The van der Waals surface area contributed by atoms with E-state index in [-0.39, 0.29) is 24.8 Å². The molecular formula is C20H23ClN2O2. The molecule has 0 spiro atoms. The smallest absolute Gasteiger partial charge is 0.410 e. The van der Waals surface area contributed by atoms with Crippen LogP contribution in [-0.4, -0.2) is 29.6 Å². The number of likely N-dealkylation sites (tertiary alicyclic amines) is 1. The van der Waals surface area contributed by atoms with E-state index in [1.54, 1.807) is 0 Å². The van der Waals surface area contributed by atoms with Crippen molar-refractivity contribution in [3.8, 4) is 0 Å². The molecule has 1 amide bonds. The van der Waals surface area contributed by atoms with Crippen molar-refractivity contribution in [1.82, 2.24) is 4.90 Å². The lowest BCUT2D eigenvalue weighted by Gasteiger charge is -2.37. The second-order valence-corrected chi connectivity index (χ2v) is 6.94. The molecule has 1 aliphatic rings. The zero-order valence-corrected chi connectivity index (χ0v) is 14.9. The predicted octanol–water partition coefficient (Wildman–Crippen LogP) is 4.01. The molecule has 25 heavy (non-hydrogen) atoms. The number of halogens is 1. The standard InChI is InChI=1S/C20H23ClN2O2/c21-17-8-6-15(7-9-17)12-19-13-18(22)10-11-23(19)20(24)25-14-16-4-2-1-3-5-16/h1-9,18-19H,10-14,22H2. The van der Waals surface area contributed by atoms with Gasteiger partial charge in [-0.05, 0) is 42.5 Å². The molecule has 2 unspecified atom stereocenters. The van der Waals surface area contributed by atoms with E-state index in [0.29, 0.717) is 11.6 Å². The van der Waals surface area contributed by atoms with Crippen LogP contribution in [-0.2, 0) is 17.8 Å². The number of nitrogens with two attached hydrogens (primary N) is 1. The first-order valence-electron chi connectivity index (χ1n) is 8.59. The minimum absolute atomic E-state index is 0.0493. The van der Waals surface area contributed by atoms with Crippen molar-refractivity contribution in [2.45, 2.75) is 38.0 Å². The molecule has 0 saturated carbocycles. The maximum Gasteiger partial charge on any atom is 0.410 e. The molecule has 2 aromatic rings. The van der Waals surface area contributed by atoms with Crippen molar-refractivity contribution in [2.24, 2.45) is 5.73 Å². The van der Waals surface area contributed by atoms with E-state index in [2.05, 4.69) is 0 Å². The van der Waals surface area contributed by atoms with Gasteiger partial charge in [-0.2, -0.15) is 0 Å². The van der Waals surface area contributed by atoms with E-state index in [1.165, 1.54) is 0 Å². The van der Waals surface area contributed by atoms with Crippen molar-refractivity contribution in [2.75, 3.05) is 6.54 Å². The zero-order chi connectivity index (χ0) is 17.6. The van der Waals surface area contributed by atoms with Gasteiger partial charge in [-0.15, -0.1) is 0 Å². The number of carbonyl (C=O) groups excluding carboxylic acids is 1. The number of carbonyl (C=O) groups is 1. The molecule has 1 saturated heterocycles. The van der Waals surface area contributed by atoms with Crippen LogP contribution in [0.4, 0.5) is 4.79 Å². The first-order chi connectivity index (χ1) is 12.1. The third kappa shape index (κ3) is 4.97. The Kier molecular flexibility index (Phi) is 5.95. The van der Waals surface area contributed by atoms with Crippen LogP contribution in [0, 0.1) is 0 Å². The number of hydrogen-bond acceptors (Lipinski definition) is 3. The van der Waals surface area contributed by atoms with Gasteiger partial charge < -0.3 is 15.4 Å². The Hall–Kier alpha value is -2.04.